The van der Waals surface area contributed by atoms with Crippen molar-refractivity contribution < 1.29 is 37.1 Å². The van der Waals surface area contributed by atoms with Gasteiger partial charge in [-0.1, -0.05) is 5.16 Å². The van der Waals surface area contributed by atoms with Crippen molar-refractivity contribution in [3.8, 4) is 5.69 Å². The molecule has 2 amide bonds. The van der Waals surface area contributed by atoms with E-state index in [1.165, 1.54) is 19.1 Å². The second-order valence-corrected chi connectivity index (χ2v) is 8.74. The predicted molar refractivity (Wildman–Crippen MR) is 129 cm³/mol. The van der Waals surface area contributed by atoms with Crippen molar-refractivity contribution in [2.45, 2.75) is 25.2 Å². The Hall–Kier alpha value is -4.70. The van der Waals surface area contributed by atoms with Crippen LogP contribution in [-0.4, -0.2) is 61.3 Å². The number of nitrogen functional groups attached to an aromatic ring is 1. The number of carbonyl (C=O) groups is 2. The number of halogens is 3. The van der Waals surface area contributed by atoms with Gasteiger partial charge in [-0.15, -0.1) is 5.10 Å². The van der Waals surface area contributed by atoms with E-state index in [4.69, 9.17) is 15.0 Å². The molecule has 2 unspecified atom stereocenters. The van der Waals surface area contributed by atoms with Gasteiger partial charge in [-0.3, -0.25) is 23.9 Å². The van der Waals surface area contributed by atoms with Gasteiger partial charge in [-0.25, -0.2) is 9.07 Å². The average molecular weight is 547 g/mol. The lowest BCUT2D eigenvalue weighted by atomic mass is 9.94. The van der Waals surface area contributed by atoms with Crippen molar-refractivity contribution in [2.75, 3.05) is 29.1 Å². The van der Waals surface area contributed by atoms with Crippen LogP contribution in [0.3, 0.4) is 0 Å². The Morgan fingerprint density at radius 3 is 2.74 bits per heavy atom. The maximum atomic E-state index is 14.9. The first-order chi connectivity index (χ1) is 18.5. The first kappa shape index (κ1) is 25.9. The lowest BCUT2D eigenvalue weighted by Crippen LogP contribution is -2.63. The molecule has 3 aromatic heterocycles. The summed E-state index contributed by atoms with van der Waals surface area (Å²) in [5, 5.41) is 21.4. The van der Waals surface area contributed by atoms with Crippen LogP contribution in [0.25, 0.3) is 16.7 Å². The molecule has 1 aliphatic rings. The lowest BCUT2D eigenvalue weighted by molar-refractivity contribution is -0.170. The highest BCUT2D eigenvalue weighted by molar-refractivity contribution is 6.06. The third-order valence-corrected chi connectivity index (χ3v) is 6.23. The number of carbonyl (C=O) groups excluding carboxylic acids is 2. The average Bonchev–Trinajstić information content (AvgIpc) is 3.47. The number of benzene rings is 1. The molecule has 0 aliphatic carbocycles. The fraction of sp³-hybridized carbons (Fsp3) is 0.261. The monoisotopic (exact) mass is 547 g/mol. The maximum absolute atomic E-state index is 14.9. The van der Waals surface area contributed by atoms with E-state index in [1.807, 2.05) is 0 Å². The molecule has 1 aromatic carbocycles. The van der Waals surface area contributed by atoms with Gasteiger partial charge in [0.25, 0.3) is 17.4 Å². The predicted octanol–water partition coefficient (Wildman–Crippen LogP) is 1.41. The highest BCUT2D eigenvalue weighted by Crippen LogP contribution is 2.30. The van der Waals surface area contributed by atoms with Gasteiger partial charge in [0.1, 0.15) is 0 Å². The number of aliphatic hydroxyl groups is 1. The Kier molecular flexibility index (Phi) is 6.35. The minimum absolute atomic E-state index is 0.0755. The number of nitrogens with zero attached hydrogens (tertiary/aromatic N) is 5. The summed E-state index contributed by atoms with van der Waals surface area (Å²) in [5.41, 5.74) is 2.97. The fourth-order valence-corrected chi connectivity index (χ4v) is 4.11. The standard InChI is InChI=1S/C23H20F3N7O6/c1-23(17(35)20(36)28-11-2-4-13-15(8-11)39-30-18(13)27)21(37)31(6-7-38-23)19-14(24)10-33(29-19)12-3-5-16(34)32(9-12)22(25)26/h2-5,8-10,17,22,35H,6-7H2,1H3,(H2,27,30)(H,28,36). The van der Waals surface area contributed by atoms with Crippen molar-refractivity contribution >= 4 is 40.1 Å². The zero-order chi connectivity index (χ0) is 28.1. The number of nitrogens with two attached hydrogens (primary N) is 1. The molecule has 1 saturated heterocycles. The smallest absolute Gasteiger partial charge is 0.321 e. The summed E-state index contributed by atoms with van der Waals surface area (Å²) in [4.78, 5) is 38.7. The molecular weight excluding hydrogens is 527 g/mol. The van der Waals surface area contributed by atoms with Crippen molar-refractivity contribution in [3.63, 3.8) is 0 Å². The van der Waals surface area contributed by atoms with Crippen LogP contribution in [0.4, 0.5) is 30.5 Å². The van der Waals surface area contributed by atoms with Crippen molar-refractivity contribution in [1.82, 2.24) is 19.5 Å². The summed E-state index contributed by atoms with van der Waals surface area (Å²) in [5.74, 6) is -3.32. The summed E-state index contributed by atoms with van der Waals surface area (Å²) >= 11 is 0. The number of hydrogen-bond acceptors (Lipinski definition) is 9. The number of anilines is 3. The van der Waals surface area contributed by atoms with Crippen LogP contribution in [-0.2, 0) is 14.3 Å². The van der Waals surface area contributed by atoms with Crippen molar-refractivity contribution in [1.29, 1.82) is 0 Å². The third-order valence-electron chi connectivity index (χ3n) is 6.23. The minimum Gasteiger partial charge on any atom is -0.380 e. The number of aliphatic hydroxyl groups excluding tert-OH is 1. The van der Waals surface area contributed by atoms with Crippen LogP contribution in [0.5, 0.6) is 0 Å². The van der Waals surface area contributed by atoms with E-state index in [2.05, 4.69) is 15.6 Å². The number of alkyl halides is 2. The quantitative estimate of drug-likeness (QED) is 0.323. The molecule has 2 atom stereocenters. The summed E-state index contributed by atoms with van der Waals surface area (Å²) in [6, 6.07) is 6.46. The number of rotatable bonds is 6. The summed E-state index contributed by atoms with van der Waals surface area (Å²) in [7, 11) is 0. The minimum atomic E-state index is -3.14. The molecule has 4 aromatic rings. The van der Waals surface area contributed by atoms with Crippen LogP contribution < -0.4 is 21.5 Å². The molecule has 1 fully saturated rings. The fourth-order valence-electron chi connectivity index (χ4n) is 4.11. The summed E-state index contributed by atoms with van der Waals surface area (Å²) in [6.07, 6.45) is -0.420. The number of nitrogens with one attached hydrogen (secondary N) is 1. The molecule has 4 heterocycles. The summed E-state index contributed by atoms with van der Waals surface area (Å²) in [6.45, 7) is -2.35. The second-order valence-electron chi connectivity index (χ2n) is 8.74. The Labute approximate surface area is 216 Å². The molecule has 39 heavy (non-hydrogen) atoms. The molecule has 5 rings (SSSR count). The van der Waals surface area contributed by atoms with E-state index in [-0.39, 0.29) is 40.5 Å². The number of hydrogen-bond donors (Lipinski definition) is 3. The first-order valence-electron chi connectivity index (χ1n) is 11.4. The zero-order valence-corrected chi connectivity index (χ0v) is 20.0. The van der Waals surface area contributed by atoms with E-state index >= 15 is 0 Å². The molecule has 204 valence electrons. The molecule has 13 nitrogen and oxygen atoms in total. The Bertz CT molecular complexity index is 1650. The Morgan fingerprint density at radius 1 is 1.23 bits per heavy atom. The van der Waals surface area contributed by atoms with Crippen LogP contribution in [0.1, 0.15) is 13.5 Å². The van der Waals surface area contributed by atoms with E-state index in [9.17, 15) is 32.7 Å². The van der Waals surface area contributed by atoms with Gasteiger partial charge < -0.3 is 25.4 Å². The highest BCUT2D eigenvalue weighted by Gasteiger charge is 2.51. The largest absolute Gasteiger partial charge is 0.380 e. The first-order valence-corrected chi connectivity index (χ1v) is 11.4. The molecule has 4 N–H and O–H groups in total. The van der Waals surface area contributed by atoms with E-state index in [1.54, 1.807) is 6.07 Å². The highest BCUT2D eigenvalue weighted by atomic mass is 19.3. The van der Waals surface area contributed by atoms with Crippen molar-refractivity contribution in [3.05, 3.63) is 58.9 Å². The van der Waals surface area contributed by atoms with Crippen LogP contribution >= 0.6 is 0 Å². The Morgan fingerprint density at radius 2 is 2.00 bits per heavy atom. The number of fused-ring (bicyclic) bond motifs is 1. The van der Waals surface area contributed by atoms with Gasteiger partial charge in [0.2, 0.25) is 0 Å². The molecular formula is C23H20F3N7O6. The van der Waals surface area contributed by atoms with Gasteiger partial charge in [0.15, 0.2) is 34.7 Å². The number of ether oxygens (including phenoxy) is 1. The van der Waals surface area contributed by atoms with Crippen LogP contribution in [0.15, 0.2) is 52.0 Å². The number of morpholine rings is 1. The number of pyridine rings is 1. The zero-order valence-electron chi connectivity index (χ0n) is 20.0. The van der Waals surface area contributed by atoms with Gasteiger partial charge >= 0.3 is 6.55 Å². The van der Waals surface area contributed by atoms with Crippen molar-refractivity contribution in [2.24, 2.45) is 0 Å². The molecule has 16 heteroatoms. The van der Waals surface area contributed by atoms with Gasteiger partial charge in [-0.05, 0) is 25.1 Å². The maximum Gasteiger partial charge on any atom is 0.321 e. The molecule has 1 aliphatic heterocycles. The second kappa shape index (κ2) is 9.55. The van der Waals surface area contributed by atoms with Crippen LogP contribution in [0.2, 0.25) is 0 Å². The molecule has 0 saturated carbocycles. The molecule has 0 radical (unpaired) electrons. The van der Waals surface area contributed by atoms with Gasteiger partial charge in [-0.2, -0.15) is 8.78 Å². The van der Waals surface area contributed by atoms with Gasteiger partial charge in [0, 0.05) is 24.0 Å². The van der Waals surface area contributed by atoms with Gasteiger partial charge in [0.05, 0.1) is 30.4 Å². The number of amides is 2. The van der Waals surface area contributed by atoms with E-state index in [0.717, 1.165) is 34.1 Å². The summed E-state index contributed by atoms with van der Waals surface area (Å²) < 4.78 is 52.7. The third kappa shape index (κ3) is 4.48. The van der Waals surface area contributed by atoms with E-state index < -0.39 is 47.3 Å². The normalized spacial score (nSPS) is 18.6. The SMILES string of the molecule is CC1(C(O)C(=O)Nc2ccc3c(N)noc3c2)OCCN(c2nn(-c3ccc(=O)n(C(F)F)c3)cc2F)C1=O. The molecule has 0 bridgehead atoms. The van der Waals surface area contributed by atoms with Crippen LogP contribution in [0, 0.1) is 5.82 Å². The molecule has 0 spiro atoms. The number of aromatic nitrogens is 4. The lowest BCUT2D eigenvalue weighted by Gasteiger charge is -2.40. The topological polar surface area (TPSA) is 171 Å². The van der Waals surface area contributed by atoms with E-state index in [0.29, 0.717) is 5.39 Å². The Balaban J connectivity index is 1.38.